The summed E-state index contributed by atoms with van der Waals surface area (Å²) in [6.07, 6.45) is 7.34. The van der Waals surface area contributed by atoms with Crippen LogP contribution in [0.2, 0.25) is 5.02 Å². The summed E-state index contributed by atoms with van der Waals surface area (Å²) >= 11 is 5.91. The van der Waals surface area contributed by atoms with Gasteiger partial charge in [0, 0.05) is 35.6 Å². The van der Waals surface area contributed by atoms with Gasteiger partial charge in [-0.2, -0.15) is 0 Å². The third-order valence-corrected chi connectivity index (χ3v) is 3.95. The lowest BCUT2D eigenvalue weighted by Gasteiger charge is -2.17. The minimum atomic E-state index is -0.222. The van der Waals surface area contributed by atoms with Gasteiger partial charge in [-0.3, -0.25) is 0 Å². The molecule has 3 rings (SSSR count). The zero-order chi connectivity index (χ0) is 13.4. The van der Waals surface area contributed by atoms with Gasteiger partial charge in [-0.05, 0) is 48.6 Å². The fourth-order valence-corrected chi connectivity index (χ4v) is 2.93. The smallest absolute Gasteiger partial charge is 0.128 e. The number of fused-ring (bicyclic) bond motifs is 1. The van der Waals surface area contributed by atoms with E-state index in [4.69, 9.17) is 17.3 Å². The Labute approximate surface area is 117 Å². The summed E-state index contributed by atoms with van der Waals surface area (Å²) in [5.74, 6) is -0.222. The first-order chi connectivity index (χ1) is 9.13. The van der Waals surface area contributed by atoms with Crippen LogP contribution in [0.3, 0.4) is 0 Å². The van der Waals surface area contributed by atoms with E-state index in [2.05, 4.69) is 6.20 Å². The summed E-state index contributed by atoms with van der Waals surface area (Å²) in [7, 11) is 0. The van der Waals surface area contributed by atoms with Gasteiger partial charge in [0.2, 0.25) is 0 Å². The molecule has 1 aromatic heterocycles. The normalized spacial score (nSPS) is 18.4. The molecule has 1 aliphatic rings. The SMILES string of the molecule is NC1CCCc2cn(Cc3cc(Cl)ccc3F)cc21. The minimum Gasteiger partial charge on any atom is -0.349 e. The highest BCUT2D eigenvalue weighted by Crippen LogP contribution is 2.29. The maximum atomic E-state index is 13.7. The van der Waals surface area contributed by atoms with Gasteiger partial charge in [0.1, 0.15) is 5.82 Å². The largest absolute Gasteiger partial charge is 0.349 e. The molecule has 1 aliphatic carbocycles. The second kappa shape index (κ2) is 4.99. The van der Waals surface area contributed by atoms with Crippen LogP contribution in [0.4, 0.5) is 4.39 Å². The fourth-order valence-electron chi connectivity index (χ4n) is 2.74. The van der Waals surface area contributed by atoms with Crippen molar-refractivity contribution in [3.8, 4) is 0 Å². The lowest BCUT2D eigenvalue weighted by Crippen LogP contribution is -2.15. The Kier molecular flexibility index (Phi) is 3.33. The Hall–Kier alpha value is -1.32. The van der Waals surface area contributed by atoms with E-state index in [9.17, 15) is 4.39 Å². The van der Waals surface area contributed by atoms with Crippen molar-refractivity contribution >= 4 is 11.6 Å². The molecule has 0 spiro atoms. The predicted octanol–water partition coefficient (Wildman–Crippen LogP) is 3.67. The van der Waals surface area contributed by atoms with Crippen LogP contribution in [0.15, 0.2) is 30.6 Å². The molecule has 2 N–H and O–H groups in total. The van der Waals surface area contributed by atoms with E-state index in [0.29, 0.717) is 17.1 Å². The topological polar surface area (TPSA) is 30.9 Å². The van der Waals surface area contributed by atoms with Crippen LogP contribution in [0.5, 0.6) is 0 Å². The van der Waals surface area contributed by atoms with Crippen LogP contribution in [0.1, 0.15) is 35.6 Å². The van der Waals surface area contributed by atoms with E-state index >= 15 is 0 Å². The molecule has 100 valence electrons. The molecule has 0 aliphatic heterocycles. The number of aromatic nitrogens is 1. The van der Waals surface area contributed by atoms with Gasteiger partial charge in [0.25, 0.3) is 0 Å². The summed E-state index contributed by atoms with van der Waals surface area (Å²) in [5.41, 5.74) is 9.20. The number of rotatable bonds is 2. The molecule has 2 aromatic rings. The average molecular weight is 279 g/mol. The molecule has 19 heavy (non-hydrogen) atoms. The molecular weight excluding hydrogens is 263 g/mol. The summed E-state index contributed by atoms with van der Waals surface area (Å²) < 4.78 is 15.7. The van der Waals surface area contributed by atoms with Crippen molar-refractivity contribution in [3.63, 3.8) is 0 Å². The monoisotopic (exact) mass is 278 g/mol. The van der Waals surface area contributed by atoms with E-state index in [-0.39, 0.29) is 11.9 Å². The lowest BCUT2D eigenvalue weighted by atomic mass is 9.92. The van der Waals surface area contributed by atoms with E-state index in [1.165, 1.54) is 17.2 Å². The van der Waals surface area contributed by atoms with E-state index in [0.717, 1.165) is 19.3 Å². The molecule has 1 heterocycles. The summed E-state index contributed by atoms with van der Waals surface area (Å²) in [4.78, 5) is 0. The molecule has 0 amide bonds. The van der Waals surface area contributed by atoms with Crippen molar-refractivity contribution in [3.05, 3.63) is 58.1 Å². The standard InChI is InChI=1S/C15H16ClFN2/c16-12-4-5-14(17)11(6-12)8-19-7-10-2-1-3-15(18)13(10)9-19/h4-7,9,15H,1-3,8,18H2. The molecule has 1 atom stereocenters. The van der Waals surface area contributed by atoms with Gasteiger partial charge in [-0.25, -0.2) is 4.39 Å². The summed E-state index contributed by atoms with van der Waals surface area (Å²) in [6.45, 7) is 0.492. The molecular formula is C15H16ClFN2. The Morgan fingerprint density at radius 1 is 1.37 bits per heavy atom. The number of aryl methyl sites for hydroxylation is 1. The average Bonchev–Trinajstić information content (AvgIpc) is 2.78. The number of hydrogen-bond acceptors (Lipinski definition) is 1. The van der Waals surface area contributed by atoms with Gasteiger partial charge in [0.15, 0.2) is 0 Å². The zero-order valence-corrected chi connectivity index (χ0v) is 11.3. The maximum absolute atomic E-state index is 13.7. The number of halogens is 2. The molecule has 0 saturated heterocycles. The highest BCUT2D eigenvalue weighted by atomic mass is 35.5. The van der Waals surface area contributed by atoms with Crippen molar-refractivity contribution in [2.24, 2.45) is 5.73 Å². The van der Waals surface area contributed by atoms with Crippen molar-refractivity contribution in [2.75, 3.05) is 0 Å². The molecule has 0 fully saturated rings. The fraction of sp³-hybridized carbons (Fsp3) is 0.333. The third-order valence-electron chi connectivity index (χ3n) is 3.72. The lowest BCUT2D eigenvalue weighted by molar-refractivity contribution is 0.573. The number of nitrogens with zero attached hydrogens (tertiary/aromatic N) is 1. The van der Waals surface area contributed by atoms with E-state index in [1.54, 1.807) is 12.1 Å². The van der Waals surface area contributed by atoms with Crippen molar-refractivity contribution in [2.45, 2.75) is 31.8 Å². The maximum Gasteiger partial charge on any atom is 0.128 e. The van der Waals surface area contributed by atoms with Crippen LogP contribution in [0.25, 0.3) is 0 Å². The van der Waals surface area contributed by atoms with Gasteiger partial charge < -0.3 is 10.3 Å². The Morgan fingerprint density at radius 2 is 2.21 bits per heavy atom. The van der Waals surface area contributed by atoms with E-state index < -0.39 is 0 Å². The third kappa shape index (κ3) is 2.53. The second-order valence-electron chi connectivity index (χ2n) is 5.15. The first kappa shape index (κ1) is 12.7. The first-order valence-electron chi connectivity index (χ1n) is 6.51. The predicted molar refractivity (Wildman–Crippen MR) is 74.8 cm³/mol. The molecule has 0 radical (unpaired) electrons. The molecule has 2 nitrogen and oxygen atoms in total. The van der Waals surface area contributed by atoms with Crippen molar-refractivity contribution < 1.29 is 4.39 Å². The van der Waals surface area contributed by atoms with Crippen molar-refractivity contribution in [1.82, 2.24) is 4.57 Å². The van der Waals surface area contributed by atoms with Gasteiger partial charge >= 0.3 is 0 Å². The highest BCUT2D eigenvalue weighted by molar-refractivity contribution is 6.30. The Bertz CT molecular complexity index is 606. The Balaban J connectivity index is 1.89. The molecule has 0 saturated carbocycles. The number of benzene rings is 1. The Morgan fingerprint density at radius 3 is 3.00 bits per heavy atom. The number of nitrogens with two attached hydrogens (primary N) is 1. The van der Waals surface area contributed by atoms with Crippen LogP contribution in [-0.4, -0.2) is 4.57 Å². The van der Waals surface area contributed by atoms with Crippen LogP contribution in [-0.2, 0) is 13.0 Å². The summed E-state index contributed by atoms with van der Waals surface area (Å²) in [5, 5.41) is 0.560. The van der Waals surface area contributed by atoms with Crippen molar-refractivity contribution in [1.29, 1.82) is 0 Å². The van der Waals surface area contributed by atoms with Gasteiger partial charge in [-0.15, -0.1) is 0 Å². The van der Waals surface area contributed by atoms with Gasteiger partial charge in [0.05, 0.1) is 0 Å². The van der Waals surface area contributed by atoms with Crippen LogP contribution >= 0.6 is 11.6 Å². The van der Waals surface area contributed by atoms with Crippen LogP contribution in [0, 0.1) is 5.82 Å². The quantitative estimate of drug-likeness (QED) is 0.893. The highest BCUT2D eigenvalue weighted by Gasteiger charge is 2.19. The second-order valence-corrected chi connectivity index (χ2v) is 5.58. The molecule has 1 unspecified atom stereocenters. The zero-order valence-electron chi connectivity index (χ0n) is 10.6. The van der Waals surface area contributed by atoms with Crippen LogP contribution < -0.4 is 5.73 Å². The van der Waals surface area contributed by atoms with Gasteiger partial charge in [-0.1, -0.05) is 11.6 Å². The molecule has 4 heteroatoms. The minimum absolute atomic E-state index is 0.120. The van der Waals surface area contributed by atoms with E-state index in [1.807, 2.05) is 10.8 Å². The summed E-state index contributed by atoms with van der Waals surface area (Å²) in [6, 6.07) is 4.77. The number of hydrogen-bond donors (Lipinski definition) is 1. The first-order valence-corrected chi connectivity index (χ1v) is 6.89. The molecule has 1 aromatic carbocycles. The molecule has 0 bridgehead atoms.